The number of halogens is 1. The van der Waals surface area contributed by atoms with Gasteiger partial charge in [0.15, 0.2) is 24.2 Å². The largest absolute Gasteiger partial charge is 1.00 e. The van der Waals surface area contributed by atoms with Crippen molar-refractivity contribution in [1.82, 2.24) is 0 Å². The van der Waals surface area contributed by atoms with Gasteiger partial charge in [-0.3, -0.25) is 4.79 Å². The van der Waals surface area contributed by atoms with E-state index in [2.05, 4.69) is 6.07 Å². The number of aryl methyl sites for hydroxylation is 1. The molecule has 0 atom stereocenters. The summed E-state index contributed by atoms with van der Waals surface area (Å²) in [5.41, 5.74) is 2.40. The third-order valence-corrected chi connectivity index (χ3v) is 5.57. The van der Waals surface area contributed by atoms with E-state index in [1.165, 1.54) is 11.8 Å². The Morgan fingerprint density at radius 1 is 1.12 bits per heavy atom. The molecule has 2 rings (SSSR count). The Balaban J connectivity index is 0.00000312. The van der Waals surface area contributed by atoms with Crippen LogP contribution in [0.5, 0.6) is 0 Å². The molecule has 1 aromatic carbocycles. The zero-order valence-electron chi connectivity index (χ0n) is 14.1. The normalized spacial score (nSPS) is 11.1. The zero-order chi connectivity index (χ0) is 17.4. The van der Waals surface area contributed by atoms with Crippen LogP contribution in [0.15, 0.2) is 59.1 Å². The highest BCUT2D eigenvalue weighted by molar-refractivity contribution is 8.22. The second-order valence-electron chi connectivity index (χ2n) is 5.04. The van der Waals surface area contributed by atoms with Gasteiger partial charge in [0.05, 0.1) is 5.75 Å². The van der Waals surface area contributed by atoms with E-state index in [1.807, 2.05) is 73.3 Å². The lowest BCUT2D eigenvalue weighted by molar-refractivity contribution is -0.577. The number of carbonyl (C=O) groups excluding carboxylic acids is 1. The lowest BCUT2D eigenvalue weighted by Gasteiger charge is -2.05. The minimum absolute atomic E-state index is 0. The fourth-order valence-corrected chi connectivity index (χ4v) is 4.14. The summed E-state index contributed by atoms with van der Waals surface area (Å²) in [6.07, 6.45) is 3.76. The third-order valence-electron chi connectivity index (χ3n) is 3.26. The van der Waals surface area contributed by atoms with Crippen molar-refractivity contribution < 1.29 is 26.3 Å². The van der Waals surface area contributed by atoms with Gasteiger partial charge in [-0.25, -0.2) is 0 Å². The number of Topliss-reactive ketones (excluding diaryl/α,β-unsaturated/α-hetero) is 1. The first-order valence-electron chi connectivity index (χ1n) is 7.62. The molecule has 130 valence electrons. The molecule has 0 saturated heterocycles. The summed E-state index contributed by atoms with van der Waals surface area (Å²) < 4.78 is 2.68. The summed E-state index contributed by atoms with van der Waals surface area (Å²) in [6.45, 7) is 4.05. The lowest BCUT2D eigenvalue weighted by Crippen LogP contribution is -3.00. The van der Waals surface area contributed by atoms with Gasteiger partial charge in [0.1, 0.15) is 4.24 Å². The van der Waals surface area contributed by atoms with Crippen molar-refractivity contribution in [3.8, 4) is 6.07 Å². The van der Waals surface area contributed by atoms with Gasteiger partial charge >= 0.3 is 5.70 Å². The van der Waals surface area contributed by atoms with Gasteiger partial charge in [0.25, 0.3) is 0 Å². The molecule has 3 nitrogen and oxygen atoms in total. The molecule has 0 spiro atoms. The van der Waals surface area contributed by atoms with Crippen LogP contribution in [-0.4, -0.2) is 17.3 Å². The van der Waals surface area contributed by atoms with Gasteiger partial charge in [-0.15, -0.1) is 23.5 Å². The van der Waals surface area contributed by atoms with Crippen LogP contribution in [0.25, 0.3) is 5.70 Å². The Bertz CT molecular complexity index is 768. The van der Waals surface area contributed by atoms with E-state index in [0.717, 1.165) is 15.6 Å². The molecule has 0 saturated carbocycles. The Morgan fingerprint density at radius 3 is 2.32 bits per heavy atom. The van der Waals surface area contributed by atoms with E-state index >= 15 is 0 Å². The number of hydrogen-bond donors (Lipinski definition) is 0. The maximum absolute atomic E-state index is 12.3. The topological polar surface area (TPSA) is 44.7 Å². The molecular weight excluding hydrogens is 416 g/mol. The quantitative estimate of drug-likeness (QED) is 0.374. The molecule has 0 aliphatic rings. The number of nitrogens with zero attached hydrogens (tertiary/aromatic N) is 2. The van der Waals surface area contributed by atoms with E-state index in [-0.39, 0.29) is 22.8 Å². The molecule has 1 aromatic heterocycles. The van der Waals surface area contributed by atoms with E-state index in [1.54, 1.807) is 11.8 Å². The van der Waals surface area contributed by atoms with E-state index in [4.69, 9.17) is 0 Å². The molecule has 0 N–H and O–H groups in total. The number of benzene rings is 1. The molecule has 2 aromatic rings. The highest BCUT2D eigenvalue weighted by Gasteiger charge is 2.19. The van der Waals surface area contributed by atoms with Gasteiger partial charge < -0.3 is 17.0 Å². The fourth-order valence-electron chi connectivity index (χ4n) is 2.01. The van der Waals surface area contributed by atoms with Crippen molar-refractivity contribution in [2.75, 3.05) is 11.5 Å². The second-order valence-corrected chi connectivity index (χ2v) is 7.56. The summed E-state index contributed by atoms with van der Waals surface area (Å²) in [7, 11) is 0. The number of allylic oxidation sites excluding steroid dienone is 1. The van der Waals surface area contributed by atoms with Crippen LogP contribution < -0.4 is 21.5 Å². The van der Waals surface area contributed by atoms with Crippen LogP contribution in [0.3, 0.4) is 0 Å². The Hall–Kier alpha value is -1.55. The number of aromatic nitrogens is 1. The number of hydrogen-bond acceptors (Lipinski definition) is 4. The van der Waals surface area contributed by atoms with Crippen LogP contribution in [0.4, 0.5) is 0 Å². The van der Waals surface area contributed by atoms with Crippen LogP contribution >= 0.6 is 23.5 Å². The van der Waals surface area contributed by atoms with Gasteiger partial charge in [-0.2, -0.15) is 9.83 Å². The first-order chi connectivity index (χ1) is 11.7. The van der Waals surface area contributed by atoms with Gasteiger partial charge in [-0.05, 0) is 18.2 Å². The second kappa shape index (κ2) is 11.1. The highest BCUT2D eigenvalue weighted by Crippen LogP contribution is 2.32. The minimum Gasteiger partial charge on any atom is -1.00 e. The van der Waals surface area contributed by atoms with E-state index in [0.29, 0.717) is 17.0 Å². The Morgan fingerprint density at radius 2 is 1.76 bits per heavy atom. The van der Waals surface area contributed by atoms with Crippen molar-refractivity contribution in [2.45, 2.75) is 13.8 Å². The number of rotatable bonds is 7. The third kappa shape index (κ3) is 6.35. The summed E-state index contributed by atoms with van der Waals surface area (Å²) in [4.78, 5) is 12.3. The Kier molecular flexibility index (Phi) is 9.58. The van der Waals surface area contributed by atoms with Crippen molar-refractivity contribution in [3.63, 3.8) is 0 Å². The average molecular weight is 435 g/mol. The minimum atomic E-state index is 0. The van der Waals surface area contributed by atoms with Crippen molar-refractivity contribution in [1.29, 1.82) is 5.26 Å². The maximum Gasteiger partial charge on any atom is 0.308 e. The number of pyridine rings is 1. The van der Waals surface area contributed by atoms with Crippen molar-refractivity contribution in [2.24, 2.45) is 0 Å². The van der Waals surface area contributed by atoms with Gasteiger partial charge in [0.2, 0.25) is 0 Å². The van der Waals surface area contributed by atoms with Crippen molar-refractivity contribution >= 4 is 35.0 Å². The highest BCUT2D eigenvalue weighted by atomic mass is 79.9. The number of ketones is 1. The summed E-state index contributed by atoms with van der Waals surface area (Å²) in [5.74, 6) is 1.24. The standard InChI is InChI=1S/C19H19N2OS2.BrH/c1-3-23-19(17(13-20)21-11-9-15(2)10-12-21)24-14-18(22)16-7-5-4-6-8-16;/h4-12H,3,14H2,1-2H3;1H/q+1;/p-1/b19-17-;. The molecule has 25 heavy (non-hydrogen) atoms. The number of nitriles is 1. The zero-order valence-corrected chi connectivity index (χ0v) is 17.3. The molecule has 0 bridgehead atoms. The summed E-state index contributed by atoms with van der Waals surface area (Å²) in [5, 5.41) is 9.59. The maximum atomic E-state index is 12.3. The van der Waals surface area contributed by atoms with Crippen LogP contribution in [0.2, 0.25) is 0 Å². The SMILES string of the molecule is CCS/C(SCC(=O)c1ccccc1)=C(\C#N)[n+]1ccc(C)cc1.[Br-]. The molecule has 0 unspecified atom stereocenters. The van der Waals surface area contributed by atoms with Gasteiger partial charge in [-0.1, -0.05) is 37.3 Å². The van der Waals surface area contributed by atoms with E-state index in [9.17, 15) is 10.1 Å². The van der Waals surface area contributed by atoms with Crippen molar-refractivity contribution in [3.05, 3.63) is 70.2 Å². The Labute approximate surface area is 167 Å². The molecule has 6 heteroatoms. The predicted molar refractivity (Wildman–Crippen MR) is 102 cm³/mol. The van der Waals surface area contributed by atoms with E-state index < -0.39 is 0 Å². The lowest BCUT2D eigenvalue weighted by atomic mass is 10.2. The van der Waals surface area contributed by atoms with Gasteiger partial charge in [0, 0.05) is 17.7 Å². The molecule has 0 aliphatic heterocycles. The first kappa shape index (κ1) is 21.5. The number of carbonyl (C=O) groups is 1. The monoisotopic (exact) mass is 434 g/mol. The molecule has 0 radical (unpaired) electrons. The molecular formula is C19H19BrN2OS2. The van der Waals surface area contributed by atoms with Crippen LogP contribution in [0, 0.1) is 18.3 Å². The number of thioether (sulfide) groups is 2. The van der Waals surface area contributed by atoms with Crippen LogP contribution in [0.1, 0.15) is 22.8 Å². The predicted octanol–water partition coefficient (Wildman–Crippen LogP) is 1.31. The molecule has 0 fully saturated rings. The average Bonchev–Trinajstić information content (AvgIpc) is 2.62. The summed E-state index contributed by atoms with van der Waals surface area (Å²) >= 11 is 3.02. The molecule has 1 heterocycles. The summed E-state index contributed by atoms with van der Waals surface area (Å²) in [6, 6.07) is 15.5. The smallest absolute Gasteiger partial charge is 0.308 e. The first-order valence-corrected chi connectivity index (χ1v) is 9.59. The molecule has 0 aliphatic carbocycles. The molecule has 0 amide bonds. The van der Waals surface area contributed by atoms with Crippen LogP contribution in [-0.2, 0) is 0 Å². The fraction of sp³-hybridized carbons (Fsp3) is 0.211.